The Kier molecular flexibility index (Phi) is 5.12. The number of aromatic nitrogens is 2. The molecule has 0 saturated carbocycles. The molecule has 4 rings (SSSR count). The summed E-state index contributed by atoms with van der Waals surface area (Å²) in [6, 6.07) is 7.74. The number of amides is 1. The van der Waals surface area contributed by atoms with E-state index in [1.165, 1.54) is 22.2 Å². The molecule has 6 nitrogen and oxygen atoms in total. The molecular weight excluding hydrogens is 396 g/mol. The molecule has 0 spiro atoms. The predicted molar refractivity (Wildman–Crippen MR) is 114 cm³/mol. The maximum Gasteiger partial charge on any atom is 0.262 e. The molecule has 146 valence electrons. The third-order valence-electron chi connectivity index (χ3n) is 5.27. The van der Waals surface area contributed by atoms with Gasteiger partial charge in [-0.05, 0) is 37.6 Å². The molecular formula is C20H21ClN4O2S. The molecule has 1 aliphatic rings. The Morgan fingerprint density at radius 2 is 1.96 bits per heavy atom. The third kappa shape index (κ3) is 3.52. The molecule has 1 amide bonds. The zero-order valence-corrected chi connectivity index (χ0v) is 17.4. The Morgan fingerprint density at radius 1 is 1.21 bits per heavy atom. The van der Waals surface area contributed by atoms with Crippen LogP contribution in [0.2, 0.25) is 5.02 Å². The Hall–Kier alpha value is -2.38. The van der Waals surface area contributed by atoms with E-state index in [4.69, 9.17) is 11.6 Å². The molecule has 0 N–H and O–H groups in total. The van der Waals surface area contributed by atoms with Crippen molar-refractivity contribution >= 4 is 44.7 Å². The number of nitrogens with zero attached hydrogens (tertiary/aromatic N) is 4. The van der Waals surface area contributed by atoms with Crippen molar-refractivity contribution in [2.45, 2.75) is 20.4 Å². The number of hydrogen-bond donors (Lipinski definition) is 0. The van der Waals surface area contributed by atoms with E-state index in [0.717, 1.165) is 34.0 Å². The van der Waals surface area contributed by atoms with Crippen LogP contribution in [0.5, 0.6) is 0 Å². The van der Waals surface area contributed by atoms with Crippen molar-refractivity contribution < 1.29 is 4.79 Å². The minimum absolute atomic E-state index is 0.0211. The summed E-state index contributed by atoms with van der Waals surface area (Å²) in [7, 11) is 0. The van der Waals surface area contributed by atoms with Crippen LogP contribution in [0, 0.1) is 13.8 Å². The highest BCUT2D eigenvalue weighted by molar-refractivity contribution is 7.18. The largest absolute Gasteiger partial charge is 0.368 e. The summed E-state index contributed by atoms with van der Waals surface area (Å²) in [6.45, 7) is 6.64. The second kappa shape index (κ2) is 7.56. The lowest BCUT2D eigenvalue weighted by atomic mass is 10.2. The molecule has 0 radical (unpaired) electrons. The van der Waals surface area contributed by atoms with Gasteiger partial charge in [0.1, 0.15) is 11.4 Å². The fraction of sp³-hybridized carbons (Fsp3) is 0.350. The summed E-state index contributed by atoms with van der Waals surface area (Å²) in [6.07, 6.45) is 1.49. The number of carbonyl (C=O) groups is 1. The molecule has 2 aromatic heterocycles. The topological polar surface area (TPSA) is 58.4 Å². The van der Waals surface area contributed by atoms with Gasteiger partial charge < -0.3 is 9.80 Å². The van der Waals surface area contributed by atoms with Crippen LogP contribution in [0.15, 0.2) is 35.4 Å². The van der Waals surface area contributed by atoms with Crippen LogP contribution in [0.4, 0.5) is 5.69 Å². The highest BCUT2D eigenvalue weighted by Crippen LogP contribution is 2.25. The fourth-order valence-corrected chi connectivity index (χ4v) is 4.69. The zero-order chi connectivity index (χ0) is 19.8. The van der Waals surface area contributed by atoms with Crippen LogP contribution in [-0.4, -0.2) is 46.5 Å². The minimum Gasteiger partial charge on any atom is -0.368 e. The van der Waals surface area contributed by atoms with Gasteiger partial charge in [-0.15, -0.1) is 11.3 Å². The highest BCUT2D eigenvalue weighted by atomic mass is 35.5. The van der Waals surface area contributed by atoms with E-state index in [-0.39, 0.29) is 18.0 Å². The molecule has 0 aliphatic carbocycles. The lowest BCUT2D eigenvalue weighted by molar-refractivity contribution is -0.132. The number of piperazine rings is 1. The van der Waals surface area contributed by atoms with Crippen molar-refractivity contribution in [1.29, 1.82) is 0 Å². The number of carbonyl (C=O) groups excluding carboxylic acids is 1. The molecule has 28 heavy (non-hydrogen) atoms. The van der Waals surface area contributed by atoms with Gasteiger partial charge in [0.2, 0.25) is 5.91 Å². The monoisotopic (exact) mass is 416 g/mol. The van der Waals surface area contributed by atoms with Gasteiger partial charge in [0.05, 0.1) is 11.7 Å². The van der Waals surface area contributed by atoms with Gasteiger partial charge >= 0.3 is 0 Å². The first-order valence-electron chi connectivity index (χ1n) is 9.17. The quantitative estimate of drug-likeness (QED) is 0.658. The van der Waals surface area contributed by atoms with E-state index in [1.807, 2.05) is 43.0 Å². The van der Waals surface area contributed by atoms with Crippen molar-refractivity contribution in [2.24, 2.45) is 0 Å². The standard InChI is InChI=1S/C20H21ClN4O2S/c1-13-14(2)28-19-18(13)20(27)25(12-22-19)11-17(26)24-8-6-23(7-9-24)16-5-3-4-15(21)10-16/h3-5,10,12H,6-9,11H2,1-2H3. The summed E-state index contributed by atoms with van der Waals surface area (Å²) in [5.41, 5.74) is 1.88. The molecule has 1 saturated heterocycles. The zero-order valence-electron chi connectivity index (χ0n) is 15.8. The normalized spacial score (nSPS) is 14.7. The summed E-state index contributed by atoms with van der Waals surface area (Å²) < 4.78 is 1.42. The Balaban J connectivity index is 1.45. The predicted octanol–water partition coefficient (Wildman–Crippen LogP) is 3.08. The molecule has 0 atom stereocenters. The first-order chi connectivity index (χ1) is 13.4. The van der Waals surface area contributed by atoms with Gasteiger partial charge in [-0.25, -0.2) is 4.98 Å². The Morgan fingerprint density at radius 3 is 2.68 bits per heavy atom. The summed E-state index contributed by atoms with van der Waals surface area (Å²) in [5.74, 6) is -0.0569. The molecule has 3 heterocycles. The molecule has 3 aromatic rings. The van der Waals surface area contributed by atoms with Crippen molar-refractivity contribution in [3.8, 4) is 0 Å². The van der Waals surface area contributed by atoms with Crippen LogP contribution in [0.3, 0.4) is 0 Å². The van der Waals surface area contributed by atoms with Crippen LogP contribution in [-0.2, 0) is 11.3 Å². The number of hydrogen-bond acceptors (Lipinski definition) is 5. The molecule has 8 heteroatoms. The number of benzene rings is 1. The summed E-state index contributed by atoms with van der Waals surface area (Å²) in [4.78, 5) is 35.7. The fourth-order valence-electron chi connectivity index (χ4n) is 3.52. The van der Waals surface area contributed by atoms with Crippen molar-refractivity contribution in [2.75, 3.05) is 31.1 Å². The van der Waals surface area contributed by atoms with E-state index in [9.17, 15) is 9.59 Å². The number of halogens is 1. The first-order valence-corrected chi connectivity index (χ1v) is 10.4. The van der Waals surface area contributed by atoms with Gasteiger partial charge in [0, 0.05) is 41.8 Å². The SMILES string of the molecule is Cc1sc2ncn(CC(=O)N3CCN(c4cccc(Cl)c4)CC3)c(=O)c2c1C. The average molecular weight is 417 g/mol. The average Bonchev–Trinajstić information content (AvgIpc) is 2.99. The van der Waals surface area contributed by atoms with E-state index in [0.29, 0.717) is 23.5 Å². The number of rotatable bonds is 3. The molecule has 1 aliphatic heterocycles. The maximum atomic E-state index is 12.8. The number of thiophene rings is 1. The van der Waals surface area contributed by atoms with Crippen molar-refractivity contribution in [3.63, 3.8) is 0 Å². The highest BCUT2D eigenvalue weighted by Gasteiger charge is 2.22. The number of fused-ring (bicyclic) bond motifs is 1. The number of aryl methyl sites for hydroxylation is 2. The van der Waals surface area contributed by atoms with Gasteiger partial charge in [-0.2, -0.15) is 0 Å². The minimum atomic E-state index is -0.141. The lowest BCUT2D eigenvalue weighted by Crippen LogP contribution is -2.50. The van der Waals surface area contributed by atoms with Crippen LogP contribution < -0.4 is 10.5 Å². The Labute approximate surface area is 172 Å². The van der Waals surface area contributed by atoms with E-state index in [1.54, 1.807) is 0 Å². The van der Waals surface area contributed by atoms with E-state index in [2.05, 4.69) is 9.88 Å². The first kappa shape index (κ1) is 19.0. The summed E-state index contributed by atoms with van der Waals surface area (Å²) >= 11 is 7.59. The van der Waals surface area contributed by atoms with Gasteiger partial charge in [0.15, 0.2) is 0 Å². The Bertz CT molecular complexity index is 1100. The second-order valence-electron chi connectivity index (χ2n) is 6.99. The van der Waals surface area contributed by atoms with E-state index >= 15 is 0 Å². The van der Waals surface area contributed by atoms with Gasteiger partial charge in [0.25, 0.3) is 5.56 Å². The van der Waals surface area contributed by atoms with E-state index < -0.39 is 0 Å². The maximum absolute atomic E-state index is 12.8. The van der Waals surface area contributed by atoms with Crippen LogP contribution in [0.25, 0.3) is 10.2 Å². The molecule has 1 aromatic carbocycles. The molecule has 1 fully saturated rings. The lowest BCUT2D eigenvalue weighted by Gasteiger charge is -2.36. The molecule has 0 unspecified atom stereocenters. The number of anilines is 1. The van der Waals surface area contributed by atoms with Crippen LogP contribution >= 0.6 is 22.9 Å². The van der Waals surface area contributed by atoms with Gasteiger partial charge in [-0.3, -0.25) is 14.2 Å². The van der Waals surface area contributed by atoms with Crippen molar-refractivity contribution in [3.05, 3.63) is 56.4 Å². The third-order valence-corrected chi connectivity index (χ3v) is 6.62. The van der Waals surface area contributed by atoms with Crippen molar-refractivity contribution in [1.82, 2.24) is 14.5 Å². The smallest absolute Gasteiger partial charge is 0.262 e. The van der Waals surface area contributed by atoms with Crippen LogP contribution in [0.1, 0.15) is 10.4 Å². The second-order valence-corrected chi connectivity index (χ2v) is 8.63. The molecule has 0 bridgehead atoms. The van der Waals surface area contributed by atoms with Gasteiger partial charge in [-0.1, -0.05) is 17.7 Å². The summed E-state index contributed by atoms with van der Waals surface area (Å²) in [5, 5.41) is 1.33.